The largest absolute Gasteiger partial charge is 0.496 e. The fourth-order valence-electron chi connectivity index (χ4n) is 3.06. The zero-order valence-electron chi connectivity index (χ0n) is 16.2. The number of hydrogen-bond donors (Lipinski definition) is 1. The average Bonchev–Trinajstić information content (AvgIpc) is 2.64. The number of methoxy groups -OCH3 is 2. The van der Waals surface area contributed by atoms with E-state index in [1.807, 2.05) is 30.3 Å². The molecule has 27 heavy (non-hydrogen) atoms. The maximum Gasteiger partial charge on any atom is 0.324 e. The zero-order valence-corrected chi connectivity index (χ0v) is 17.0. The first-order chi connectivity index (χ1) is 12.7. The number of ether oxygens (including phenoxy) is 2. The molecule has 0 amide bonds. The Labute approximate surface area is 160 Å². The van der Waals surface area contributed by atoms with E-state index in [9.17, 15) is 13.2 Å². The van der Waals surface area contributed by atoms with Crippen molar-refractivity contribution in [2.45, 2.75) is 38.1 Å². The minimum atomic E-state index is -3.95. The van der Waals surface area contributed by atoms with Gasteiger partial charge in [-0.25, -0.2) is 8.42 Å². The summed E-state index contributed by atoms with van der Waals surface area (Å²) in [7, 11) is -1.17. The SMILES string of the molecule is COC(=O)[C@H](Cc1ccccc1)NS(=O)(=O)c1c(C)cc(OC)c(C)c1C. The molecular weight excluding hydrogens is 366 g/mol. The Morgan fingerprint density at radius 1 is 1.07 bits per heavy atom. The van der Waals surface area contributed by atoms with E-state index in [0.717, 1.165) is 11.1 Å². The van der Waals surface area contributed by atoms with Gasteiger partial charge in [0.05, 0.1) is 19.1 Å². The number of sulfonamides is 1. The molecule has 0 radical (unpaired) electrons. The van der Waals surface area contributed by atoms with Crippen LogP contribution in [0.25, 0.3) is 0 Å². The summed E-state index contributed by atoms with van der Waals surface area (Å²) in [6.07, 6.45) is 0.194. The van der Waals surface area contributed by atoms with Crippen LogP contribution in [0.4, 0.5) is 0 Å². The van der Waals surface area contributed by atoms with Gasteiger partial charge in [-0.3, -0.25) is 4.79 Å². The second-order valence-electron chi connectivity index (χ2n) is 6.36. The number of carbonyl (C=O) groups is 1. The first-order valence-corrected chi connectivity index (χ1v) is 9.98. The molecule has 0 aliphatic heterocycles. The summed E-state index contributed by atoms with van der Waals surface area (Å²) in [4.78, 5) is 12.3. The fourth-order valence-corrected chi connectivity index (χ4v) is 4.77. The predicted molar refractivity (Wildman–Crippen MR) is 103 cm³/mol. The minimum absolute atomic E-state index is 0.155. The van der Waals surface area contributed by atoms with Crippen LogP contribution in [-0.2, 0) is 26.0 Å². The Morgan fingerprint density at radius 3 is 2.26 bits per heavy atom. The van der Waals surface area contributed by atoms with Crippen molar-refractivity contribution in [2.75, 3.05) is 14.2 Å². The molecule has 0 saturated carbocycles. The van der Waals surface area contributed by atoms with E-state index in [1.54, 1.807) is 33.9 Å². The van der Waals surface area contributed by atoms with Gasteiger partial charge in [-0.05, 0) is 55.5 Å². The molecule has 2 aromatic rings. The number of hydrogen-bond acceptors (Lipinski definition) is 5. The Bertz CT molecular complexity index is 923. The normalized spacial score (nSPS) is 12.5. The van der Waals surface area contributed by atoms with Crippen molar-refractivity contribution in [3.63, 3.8) is 0 Å². The van der Waals surface area contributed by atoms with Crippen LogP contribution in [0, 0.1) is 20.8 Å². The standard InChI is InChI=1S/C20H25NO5S/c1-13-11-18(25-4)14(2)15(3)19(13)27(23,24)21-17(20(22)26-5)12-16-9-7-6-8-10-16/h6-11,17,21H,12H2,1-5H3/t17-/m0/s1. The van der Waals surface area contributed by atoms with E-state index < -0.39 is 22.0 Å². The van der Waals surface area contributed by atoms with Gasteiger partial charge in [0, 0.05) is 0 Å². The van der Waals surface area contributed by atoms with Crippen molar-refractivity contribution < 1.29 is 22.7 Å². The summed E-state index contributed by atoms with van der Waals surface area (Å²) in [6, 6.07) is 9.84. The summed E-state index contributed by atoms with van der Waals surface area (Å²) in [5.41, 5.74) is 2.70. The lowest BCUT2D eigenvalue weighted by molar-refractivity contribution is -0.142. The highest BCUT2D eigenvalue weighted by Gasteiger charge is 2.29. The molecule has 0 heterocycles. The lowest BCUT2D eigenvalue weighted by Crippen LogP contribution is -2.43. The zero-order chi connectivity index (χ0) is 20.2. The molecule has 7 heteroatoms. The highest BCUT2D eigenvalue weighted by Crippen LogP contribution is 2.30. The molecule has 1 atom stereocenters. The van der Waals surface area contributed by atoms with E-state index in [1.165, 1.54) is 7.11 Å². The Morgan fingerprint density at radius 2 is 1.70 bits per heavy atom. The van der Waals surface area contributed by atoms with Crippen LogP contribution in [0.15, 0.2) is 41.3 Å². The van der Waals surface area contributed by atoms with Gasteiger partial charge in [0.25, 0.3) is 0 Å². The van der Waals surface area contributed by atoms with Gasteiger partial charge in [-0.2, -0.15) is 4.72 Å². The number of aryl methyl sites for hydroxylation is 1. The molecule has 1 N–H and O–H groups in total. The van der Waals surface area contributed by atoms with Crippen LogP contribution in [-0.4, -0.2) is 34.6 Å². The van der Waals surface area contributed by atoms with Gasteiger partial charge in [0.2, 0.25) is 10.0 Å². The number of benzene rings is 2. The van der Waals surface area contributed by atoms with Crippen LogP contribution < -0.4 is 9.46 Å². The molecule has 0 aliphatic rings. The van der Waals surface area contributed by atoms with Crippen molar-refractivity contribution in [1.82, 2.24) is 4.72 Å². The van der Waals surface area contributed by atoms with Gasteiger partial charge in [-0.15, -0.1) is 0 Å². The molecule has 0 unspecified atom stereocenters. The van der Waals surface area contributed by atoms with Crippen molar-refractivity contribution in [3.8, 4) is 5.75 Å². The van der Waals surface area contributed by atoms with E-state index in [0.29, 0.717) is 16.9 Å². The molecule has 6 nitrogen and oxygen atoms in total. The third kappa shape index (κ3) is 4.67. The second kappa shape index (κ2) is 8.54. The number of nitrogens with one attached hydrogen (secondary N) is 1. The number of rotatable bonds is 7. The summed E-state index contributed by atoms with van der Waals surface area (Å²) < 4.78 is 38.8. The van der Waals surface area contributed by atoms with Gasteiger partial charge in [-0.1, -0.05) is 30.3 Å². The average molecular weight is 391 g/mol. The van der Waals surface area contributed by atoms with Crippen molar-refractivity contribution in [1.29, 1.82) is 0 Å². The lowest BCUT2D eigenvalue weighted by atomic mass is 10.1. The monoisotopic (exact) mass is 391 g/mol. The molecule has 0 aliphatic carbocycles. The fraction of sp³-hybridized carbons (Fsp3) is 0.350. The van der Waals surface area contributed by atoms with E-state index in [-0.39, 0.29) is 11.3 Å². The second-order valence-corrected chi connectivity index (χ2v) is 8.01. The molecule has 0 aromatic heterocycles. The lowest BCUT2D eigenvalue weighted by Gasteiger charge is -2.20. The minimum Gasteiger partial charge on any atom is -0.496 e. The molecule has 2 aromatic carbocycles. The highest BCUT2D eigenvalue weighted by molar-refractivity contribution is 7.89. The first kappa shape index (κ1) is 20.9. The third-order valence-corrected chi connectivity index (χ3v) is 6.29. The number of carbonyl (C=O) groups excluding carboxylic acids is 1. The summed E-state index contributed by atoms with van der Waals surface area (Å²) in [5.74, 6) is -0.0132. The molecule has 0 bridgehead atoms. The van der Waals surface area contributed by atoms with Crippen LogP contribution in [0.5, 0.6) is 5.75 Å². The molecule has 0 spiro atoms. The first-order valence-electron chi connectivity index (χ1n) is 8.50. The Hall–Kier alpha value is -2.38. The maximum atomic E-state index is 13.1. The molecule has 2 rings (SSSR count). The third-order valence-electron chi connectivity index (χ3n) is 4.53. The number of esters is 1. The Balaban J connectivity index is 2.42. The van der Waals surface area contributed by atoms with Gasteiger partial charge >= 0.3 is 5.97 Å². The maximum absolute atomic E-state index is 13.1. The molecule has 0 saturated heterocycles. The topological polar surface area (TPSA) is 81.7 Å². The van der Waals surface area contributed by atoms with Gasteiger partial charge in [0.1, 0.15) is 11.8 Å². The van der Waals surface area contributed by atoms with Gasteiger partial charge in [0.15, 0.2) is 0 Å². The van der Waals surface area contributed by atoms with E-state index in [2.05, 4.69) is 4.72 Å². The van der Waals surface area contributed by atoms with Crippen molar-refractivity contribution in [3.05, 3.63) is 58.7 Å². The quantitative estimate of drug-likeness (QED) is 0.734. The van der Waals surface area contributed by atoms with E-state index >= 15 is 0 Å². The Kier molecular flexibility index (Phi) is 6.62. The molecule has 146 valence electrons. The van der Waals surface area contributed by atoms with Crippen molar-refractivity contribution >= 4 is 16.0 Å². The molecular formula is C20H25NO5S. The van der Waals surface area contributed by atoms with Gasteiger partial charge < -0.3 is 9.47 Å². The van der Waals surface area contributed by atoms with Crippen LogP contribution in [0.2, 0.25) is 0 Å². The predicted octanol–water partition coefficient (Wildman–Crippen LogP) is 2.68. The molecule has 0 fully saturated rings. The van der Waals surface area contributed by atoms with Crippen LogP contribution >= 0.6 is 0 Å². The van der Waals surface area contributed by atoms with Crippen LogP contribution in [0.3, 0.4) is 0 Å². The highest BCUT2D eigenvalue weighted by atomic mass is 32.2. The van der Waals surface area contributed by atoms with Crippen LogP contribution in [0.1, 0.15) is 22.3 Å². The smallest absolute Gasteiger partial charge is 0.324 e. The summed E-state index contributed by atoms with van der Waals surface area (Å²) >= 11 is 0. The summed E-state index contributed by atoms with van der Waals surface area (Å²) in [6.45, 7) is 5.23. The van der Waals surface area contributed by atoms with E-state index in [4.69, 9.17) is 9.47 Å². The summed E-state index contributed by atoms with van der Waals surface area (Å²) in [5, 5.41) is 0. The van der Waals surface area contributed by atoms with Crippen molar-refractivity contribution in [2.24, 2.45) is 0 Å².